The van der Waals surface area contributed by atoms with E-state index in [1.807, 2.05) is 69.2 Å². The molecule has 2 aromatic carbocycles. The Kier molecular flexibility index (Phi) is 9.60. The van der Waals surface area contributed by atoms with Gasteiger partial charge in [-0.2, -0.15) is 0 Å². The lowest BCUT2D eigenvalue weighted by Gasteiger charge is -2.11. The van der Waals surface area contributed by atoms with Crippen molar-refractivity contribution in [1.82, 2.24) is 0 Å². The van der Waals surface area contributed by atoms with Crippen LogP contribution >= 0.6 is 0 Å². The lowest BCUT2D eigenvalue weighted by molar-refractivity contribution is 1.13. The number of nitrogens with two attached hydrogens (primary N) is 2. The molecule has 3 nitrogen and oxygen atoms in total. The quantitative estimate of drug-likeness (QED) is 0.658. The number of hydrogen-bond donors (Lipinski definition) is 2. The van der Waals surface area contributed by atoms with Crippen LogP contribution in [0.25, 0.3) is 0 Å². The maximum atomic E-state index is 5.53. The molecule has 0 unspecified atom stereocenters. The molecule has 22 heavy (non-hydrogen) atoms. The molecule has 0 aromatic heterocycles. The molecule has 120 valence electrons. The largest absolute Gasteiger partial charge is 0.399 e. The Balaban J connectivity index is 0.000000360. The maximum Gasteiger partial charge on any atom is 0.169 e. The summed E-state index contributed by atoms with van der Waals surface area (Å²) in [4.78, 5) is 2.04. The number of rotatable bonds is 2. The minimum Gasteiger partial charge on any atom is -0.399 e. The Bertz CT molecular complexity index is 455. The summed E-state index contributed by atoms with van der Waals surface area (Å²) in [5.41, 5.74) is 15.2. The molecule has 0 aliphatic heterocycles. The van der Waals surface area contributed by atoms with E-state index in [-0.39, 0.29) is 0 Å². The lowest BCUT2D eigenvalue weighted by Crippen LogP contribution is -2.21. The summed E-state index contributed by atoms with van der Waals surface area (Å²) in [7, 11) is 4.01. The van der Waals surface area contributed by atoms with Crippen molar-refractivity contribution in [2.24, 2.45) is 0 Å². The van der Waals surface area contributed by atoms with Gasteiger partial charge in [-0.25, -0.2) is 0 Å². The summed E-state index contributed by atoms with van der Waals surface area (Å²) >= 11 is 0. The fraction of sp³-hybridized carbons (Fsp3) is 0.333. The van der Waals surface area contributed by atoms with E-state index in [1.165, 1.54) is 11.2 Å². The van der Waals surface area contributed by atoms with Gasteiger partial charge in [-0.05, 0) is 36.4 Å². The zero-order valence-corrected chi connectivity index (χ0v) is 14.8. The molecule has 0 fully saturated rings. The van der Waals surface area contributed by atoms with Gasteiger partial charge in [0, 0.05) is 31.2 Å². The van der Waals surface area contributed by atoms with Crippen LogP contribution < -0.4 is 21.8 Å². The van der Waals surface area contributed by atoms with E-state index in [9.17, 15) is 0 Å². The van der Waals surface area contributed by atoms with Gasteiger partial charge in [0.15, 0.2) is 6.71 Å². The molecule has 0 atom stereocenters. The molecule has 4 heteroatoms. The molecule has 0 heterocycles. The Morgan fingerprint density at radius 1 is 0.727 bits per heavy atom. The summed E-state index contributed by atoms with van der Waals surface area (Å²) in [5, 5.41) is 0. The Morgan fingerprint density at radius 2 is 1.09 bits per heavy atom. The van der Waals surface area contributed by atoms with E-state index in [0.717, 1.165) is 11.4 Å². The third-order valence-corrected chi connectivity index (χ3v) is 3.01. The molecule has 0 bridgehead atoms. The van der Waals surface area contributed by atoms with Crippen LogP contribution in [-0.2, 0) is 0 Å². The van der Waals surface area contributed by atoms with Crippen molar-refractivity contribution in [2.45, 2.75) is 27.5 Å². The average molecular weight is 299 g/mol. The summed E-state index contributed by atoms with van der Waals surface area (Å²) in [6.07, 6.45) is 0. The van der Waals surface area contributed by atoms with Crippen LogP contribution in [0.1, 0.15) is 13.8 Å². The molecule has 0 amide bonds. The number of hydrogen-bond acceptors (Lipinski definition) is 3. The summed E-state index contributed by atoms with van der Waals surface area (Å²) in [5.74, 6) is 0. The van der Waals surface area contributed by atoms with E-state index in [0.29, 0.717) is 6.71 Å². The highest BCUT2D eigenvalue weighted by atomic mass is 15.1. The van der Waals surface area contributed by atoms with Crippen molar-refractivity contribution in [3.8, 4) is 0 Å². The highest BCUT2D eigenvalue weighted by Crippen LogP contribution is 2.12. The molecule has 2 aromatic rings. The van der Waals surface area contributed by atoms with E-state index in [2.05, 4.69) is 25.8 Å². The first-order valence-electron chi connectivity index (χ1n) is 7.78. The molecule has 0 aliphatic rings. The Labute approximate surface area is 136 Å². The molecule has 2 rings (SSSR count). The van der Waals surface area contributed by atoms with Gasteiger partial charge >= 0.3 is 0 Å². The van der Waals surface area contributed by atoms with Gasteiger partial charge in [0.1, 0.15) is 0 Å². The van der Waals surface area contributed by atoms with Crippen LogP contribution in [0.3, 0.4) is 0 Å². The maximum absolute atomic E-state index is 5.53. The molecule has 0 radical (unpaired) electrons. The Morgan fingerprint density at radius 3 is 1.41 bits per heavy atom. The molecule has 0 aliphatic carbocycles. The van der Waals surface area contributed by atoms with Crippen LogP contribution in [-0.4, -0.2) is 20.8 Å². The zero-order valence-electron chi connectivity index (χ0n) is 14.8. The van der Waals surface area contributed by atoms with E-state index >= 15 is 0 Å². The Hall–Kier alpha value is -2.10. The van der Waals surface area contributed by atoms with E-state index in [4.69, 9.17) is 11.5 Å². The fourth-order valence-electron chi connectivity index (χ4n) is 1.65. The molecular weight excluding hydrogens is 269 g/mol. The summed E-state index contributed by atoms with van der Waals surface area (Å²) < 4.78 is 0. The third-order valence-electron chi connectivity index (χ3n) is 3.01. The third kappa shape index (κ3) is 7.62. The molecule has 0 spiro atoms. The van der Waals surface area contributed by atoms with Gasteiger partial charge in [-0.1, -0.05) is 45.1 Å². The van der Waals surface area contributed by atoms with Gasteiger partial charge in [0.2, 0.25) is 0 Å². The number of nitrogen functional groups attached to an aromatic ring is 2. The van der Waals surface area contributed by atoms with Crippen molar-refractivity contribution >= 4 is 29.2 Å². The SMILES string of the molecule is CB(C)c1ccc(N)cc1.CC.CN(C)c1ccc(N)cc1. The average Bonchev–Trinajstić information content (AvgIpc) is 2.51. The normalized spacial score (nSPS) is 8.82. The first-order chi connectivity index (χ1) is 10.4. The first-order valence-corrected chi connectivity index (χ1v) is 7.78. The molecule has 0 saturated carbocycles. The minimum atomic E-state index is 0.598. The smallest absolute Gasteiger partial charge is 0.169 e. The van der Waals surface area contributed by atoms with Crippen molar-refractivity contribution in [3.05, 3.63) is 48.5 Å². The summed E-state index contributed by atoms with van der Waals surface area (Å²) in [6, 6.07) is 15.8. The lowest BCUT2D eigenvalue weighted by atomic mass is 9.49. The van der Waals surface area contributed by atoms with Gasteiger partial charge in [0.25, 0.3) is 0 Å². The van der Waals surface area contributed by atoms with Gasteiger partial charge < -0.3 is 16.4 Å². The number of benzene rings is 2. The van der Waals surface area contributed by atoms with Crippen LogP contribution in [0.2, 0.25) is 13.6 Å². The van der Waals surface area contributed by atoms with Gasteiger partial charge in [0.05, 0.1) is 0 Å². The van der Waals surface area contributed by atoms with Crippen molar-refractivity contribution < 1.29 is 0 Å². The van der Waals surface area contributed by atoms with Crippen LogP contribution in [0.4, 0.5) is 17.1 Å². The van der Waals surface area contributed by atoms with Crippen LogP contribution in [0, 0.1) is 0 Å². The van der Waals surface area contributed by atoms with Gasteiger partial charge in [-0.3, -0.25) is 0 Å². The predicted octanol–water partition coefficient (Wildman–Crippen LogP) is 3.59. The standard InChI is InChI=1S/C8H12BN.C8H12N2.C2H6/c1-9(2)7-3-5-8(10)6-4-7;1-10(2)8-5-3-7(9)4-6-8;1-2/h3-6H,10H2,1-2H3;3-6H,9H2,1-2H3;1-2H3. The van der Waals surface area contributed by atoms with Crippen molar-refractivity contribution in [2.75, 3.05) is 30.5 Å². The zero-order chi connectivity index (χ0) is 17.1. The number of anilines is 3. The fourth-order valence-corrected chi connectivity index (χ4v) is 1.65. The van der Waals surface area contributed by atoms with Gasteiger partial charge in [-0.15, -0.1) is 0 Å². The van der Waals surface area contributed by atoms with Crippen molar-refractivity contribution in [1.29, 1.82) is 0 Å². The molecule has 0 saturated heterocycles. The first kappa shape index (κ1) is 19.9. The second kappa shape index (κ2) is 10.6. The predicted molar refractivity (Wildman–Crippen MR) is 104 cm³/mol. The monoisotopic (exact) mass is 299 g/mol. The molecule has 4 N–H and O–H groups in total. The molecular formula is C18H30BN3. The second-order valence-electron chi connectivity index (χ2n) is 5.31. The van der Waals surface area contributed by atoms with Crippen molar-refractivity contribution in [3.63, 3.8) is 0 Å². The number of nitrogens with zero attached hydrogens (tertiary/aromatic N) is 1. The van der Waals surface area contributed by atoms with E-state index < -0.39 is 0 Å². The van der Waals surface area contributed by atoms with Crippen LogP contribution in [0.5, 0.6) is 0 Å². The highest BCUT2D eigenvalue weighted by molar-refractivity contribution is 6.70. The minimum absolute atomic E-state index is 0.598. The second-order valence-corrected chi connectivity index (χ2v) is 5.31. The van der Waals surface area contributed by atoms with E-state index in [1.54, 1.807) is 0 Å². The summed E-state index contributed by atoms with van der Waals surface area (Å²) in [6.45, 7) is 8.94. The topological polar surface area (TPSA) is 55.3 Å². The highest BCUT2D eigenvalue weighted by Gasteiger charge is 2.00. The van der Waals surface area contributed by atoms with Crippen LogP contribution in [0.15, 0.2) is 48.5 Å².